The van der Waals surface area contributed by atoms with Gasteiger partial charge < -0.3 is 19.5 Å². The lowest BCUT2D eigenvalue weighted by Gasteiger charge is -2.22. The van der Waals surface area contributed by atoms with Gasteiger partial charge in [-0.3, -0.25) is 9.59 Å². The molecule has 0 spiro atoms. The summed E-state index contributed by atoms with van der Waals surface area (Å²) in [5, 5.41) is 9.25. The molecule has 7 heteroatoms. The van der Waals surface area contributed by atoms with Gasteiger partial charge in [0.25, 0.3) is 5.91 Å². The first kappa shape index (κ1) is 16.9. The second-order valence-electron chi connectivity index (χ2n) is 6.49. The number of carbonyl (C=O) groups is 2. The minimum Gasteiger partial charge on any atom is -0.486 e. The molecule has 2 aromatic rings. The fraction of sp³-hybridized carbons (Fsp3) is 0.368. The Kier molecular flexibility index (Phi) is 4.32. The monoisotopic (exact) mass is 373 g/mol. The quantitative estimate of drug-likeness (QED) is 0.895. The molecule has 3 heterocycles. The summed E-state index contributed by atoms with van der Waals surface area (Å²) < 4.78 is 11.2. The summed E-state index contributed by atoms with van der Waals surface area (Å²) in [5.41, 5.74) is 0.969. The van der Waals surface area contributed by atoms with Crippen molar-refractivity contribution >= 4 is 23.2 Å². The predicted octanol–water partition coefficient (Wildman–Crippen LogP) is 3.12. The number of fused-ring (bicyclic) bond motifs is 1. The number of carboxylic acid groups (broad SMARTS) is 1. The first-order valence-corrected chi connectivity index (χ1v) is 9.40. The van der Waals surface area contributed by atoms with Crippen LogP contribution in [0.3, 0.4) is 0 Å². The molecule has 1 amide bonds. The zero-order valence-electron chi connectivity index (χ0n) is 14.3. The molecule has 1 N–H and O–H groups in total. The van der Waals surface area contributed by atoms with Crippen molar-refractivity contribution < 1.29 is 24.2 Å². The van der Waals surface area contributed by atoms with Crippen molar-refractivity contribution in [1.29, 1.82) is 0 Å². The predicted molar refractivity (Wildman–Crippen MR) is 97.0 cm³/mol. The minimum absolute atomic E-state index is 0.102. The number of hydrogen-bond donors (Lipinski definition) is 1. The highest BCUT2D eigenvalue weighted by Crippen LogP contribution is 2.37. The lowest BCUT2D eigenvalue weighted by molar-refractivity contribution is -0.142. The number of ether oxygens (including phenoxy) is 2. The van der Waals surface area contributed by atoms with Gasteiger partial charge in [-0.2, -0.15) is 0 Å². The highest BCUT2D eigenvalue weighted by atomic mass is 32.1. The van der Waals surface area contributed by atoms with Gasteiger partial charge >= 0.3 is 5.97 Å². The molecule has 0 radical (unpaired) electrons. The van der Waals surface area contributed by atoms with E-state index < -0.39 is 11.9 Å². The second kappa shape index (κ2) is 6.64. The maximum absolute atomic E-state index is 12.8. The number of hydrogen-bond acceptors (Lipinski definition) is 5. The molecule has 136 valence electrons. The summed E-state index contributed by atoms with van der Waals surface area (Å²) in [6.07, 6.45) is 0.503. The molecule has 2 aliphatic rings. The number of amides is 1. The van der Waals surface area contributed by atoms with Gasteiger partial charge in [-0.05, 0) is 49.2 Å². The molecule has 6 nitrogen and oxygen atoms in total. The van der Waals surface area contributed by atoms with Crippen molar-refractivity contribution in [3.8, 4) is 21.9 Å². The Morgan fingerprint density at radius 2 is 1.92 bits per heavy atom. The van der Waals surface area contributed by atoms with E-state index in [0.717, 1.165) is 16.2 Å². The summed E-state index contributed by atoms with van der Waals surface area (Å²) in [4.78, 5) is 27.3. The summed E-state index contributed by atoms with van der Waals surface area (Å²) >= 11 is 1.41. The molecule has 1 fully saturated rings. The van der Waals surface area contributed by atoms with E-state index in [-0.39, 0.29) is 11.9 Å². The van der Waals surface area contributed by atoms with Crippen LogP contribution in [0.4, 0.5) is 0 Å². The fourth-order valence-corrected chi connectivity index (χ4v) is 4.46. The average Bonchev–Trinajstić information content (AvgIpc) is 3.28. The molecule has 0 bridgehead atoms. The van der Waals surface area contributed by atoms with Gasteiger partial charge in [0.2, 0.25) is 0 Å². The van der Waals surface area contributed by atoms with E-state index in [4.69, 9.17) is 9.47 Å². The third-order valence-corrected chi connectivity index (χ3v) is 6.10. The van der Waals surface area contributed by atoms with Crippen LogP contribution in [0.2, 0.25) is 0 Å². The van der Waals surface area contributed by atoms with Crippen LogP contribution in [0.15, 0.2) is 30.3 Å². The van der Waals surface area contributed by atoms with Crippen LogP contribution in [0, 0.1) is 5.92 Å². The molecule has 1 aromatic heterocycles. The molecule has 2 unspecified atom stereocenters. The largest absolute Gasteiger partial charge is 0.486 e. The number of aliphatic carboxylic acids is 1. The van der Waals surface area contributed by atoms with E-state index in [9.17, 15) is 14.7 Å². The summed E-state index contributed by atoms with van der Waals surface area (Å²) in [6, 6.07) is 9.18. The van der Waals surface area contributed by atoms with Crippen LogP contribution in [0.1, 0.15) is 23.0 Å². The van der Waals surface area contributed by atoms with Crippen molar-refractivity contribution in [3.63, 3.8) is 0 Å². The third-order valence-electron chi connectivity index (χ3n) is 4.98. The van der Waals surface area contributed by atoms with Crippen LogP contribution >= 0.6 is 11.3 Å². The van der Waals surface area contributed by atoms with Gasteiger partial charge in [0, 0.05) is 17.5 Å². The Balaban J connectivity index is 1.55. The number of carboxylic acids is 1. The van der Waals surface area contributed by atoms with Crippen molar-refractivity contribution in [2.75, 3.05) is 19.8 Å². The van der Waals surface area contributed by atoms with Gasteiger partial charge in [-0.1, -0.05) is 0 Å². The van der Waals surface area contributed by atoms with Gasteiger partial charge in [0.1, 0.15) is 13.2 Å². The molecular weight excluding hydrogens is 354 g/mol. The van der Waals surface area contributed by atoms with Crippen LogP contribution in [-0.2, 0) is 4.79 Å². The maximum atomic E-state index is 12.8. The Morgan fingerprint density at radius 3 is 2.65 bits per heavy atom. The second-order valence-corrected chi connectivity index (χ2v) is 7.58. The van der Waals surface area contributed by atoms with Crippen molar-refractivity contribution in [2.24, 2.45) is 5.92 Å². The highest BCUT2D eigenvalue weighted by molar-refractivity contribution is 7.17. The molecule has 26 heavy (non-hydrogen) atoms. The number of nitrogens with zero attached hydrogens (tertiary/aromatic N) is 1. The molecule has 0 saturated carbocycles. The lowest BCUT2D eigenvalue weighted by atomic mass is 10.0. The van der Waals surface area contributed by atoms with E-state index in [1.54, 1.807) is 17.9 Å². The standard InChI is InChI=1S/C19H19NO5S/c1-11-13(19(22)23)6-7-20(11)18(21)17-5-4-16(26-17)12-2-3-14-15(10-12)25-9-8-24-14/h2-5,10-11,13H,6-9H2,1H3,(H,22,23). The van der Waals surface area contributed by atoms with Crippen molar-refractivity contribution in [3.05, 3.63) is 35.2 Å². The van der Waals surface area contributed by atoms with Crippen LogP contribution in [-0.4, -0.2) is 47.7 Å². The van der Waals surface area contributed by atoms with Gasteiger partial charge in [0.05, 0.1) is 10.8 Å². The molecule has 2 aliphatic heterocycles. The van der Waals surface area contributed by atoms with Crippen LogP contribution < -0.4 is 9.47 Å². The number of benzene rings is 1. The number of thiophene rings is 1. The number of carbonyl (C=O) groups excluding carboxylic acids is 1. The molecule has 4 rings (SSSR count). The zero-order chi connectivity index (χ0) is 18.3. The first-order chi connectivity index (χ1) is 12.5. The summed E-state index contributed by atoms with van der Waals surface area (Å²) in [6.45, 7) is 3.37. The molecule has 1 saturated heterocycles. The normalized spacial score (nSPS) is 21.7. The lowest BCUT2D eigenvalue weighted by Crippen LogP contribution is -2.37. The van der Waals surface area contributed by atoms with Gasteiger partial charge in [0.15, 0.2) is 11.5 Å². The topological polar surface area (TPSA) is 76.1 Å². The maximum Gasteiger partial charge on any atom is 0.308 e. The van der Waals surface area contributed by atoms with Crippen molar-refractivity contribution in [1.82, 2.24) is 4.90 Å². The van der Waals surface area contributed by atoms with Gasteiger partial charge in [-0.25, -0.2) is 0 Å². The highest BCUT2D eigenvalue weighted by Gasteiger charge is 2.38. The fourth-order valence-electron chi connectivity index (χ4n) is 3.50. The molecule has 1 aromatic carbocycles. The molecular formula is C19H19NO5S. The third kappa shape index (κ3) is 2.92. The Hall–Kier alpha value is -2.54. The summed E-state index contributed by atoms with van der Waals surface area (Å²) in [5.74, 6) is 0.0214. The van der Waals surface area contributed by atoms with Gasteiger partial charge in [-0.15, -0.1) is 11.3 Å². The Morgan fingerprint density at radius 1 is 1.15 bits per heavy atom. The molecule has 0 aliphatic carbocycles. The number of likely N-dealkylation sites (tertiary alicyclic amines) is 1. The van der Waals surface area contributed by atoms with Crippen LogP contribution in [0.25, 0.3) is 10.4 Å². The number of rotatable bonds is 3. The average molecular weight is 373 g/mol. The Labute approximate surface area is 155 Å². The smallest absolute Gasteiger partial charge is 0.308 e. The van der Waals surface area contributed by atoms with Crippen molar-refractivity contribution in [2.45, 2.75) is 19.4 Å². The molecule has 2 atom stereocenters. The SMILES string of the molecule is CC1C(C(=O)O)CCN1C(=O)c1ccc(-c2ccc3c(c2)OCCO3)s1. The Bertz CT molecular complexity index is 861. The van der Waals surface area contributed by atoms with Crippen LogP contribution in [0.5, 0.6) is 11.5 Å². The first-order valence-electron chi connectivity index (χ1n) is 8.58. The van der Waals surface area contributed by atoms with E-state index in [0.29, 0.717) is 36.8 Å². The van der Waals surface area contributed by atoms with E-state index >= 15 is 0 Å². The minimum atomic E-state index is -0.837. The van der Waals surface area contributed by atoms with E-state index in [1.807, 2.05) is 24.3 Å². The zero-order valence-corrected chi connectivity index (χ0v) is 15.1. The van der Waals surface area contributed by atoms with E-state index in [2.05, 4.69) is 0 Å². The van der Waals surface area contributed by atoms with E-state index in [1.165, 1.54) is 11.3 Å². The summed E-state index contributed by atoms with van der Waals surface area (Å²) in [7, 11) is 0.